The van der Waals surface area contributed by atoms with E-state index >= 15 is 0 Å². The van der Waals surface area contributed by atoms with Gasteiger partial charge in [-0.25, -0.2) is 0 Å². The number of rotatable bonds is 5. The molecule has 0 amide bonds. The zero-order chi connectivity index (χ0) is 25.8. The van der Waals surface area contributed by atoms with E-state index in [9.17, 15) is 9.90 Å². The van der Waals surface area contributed by atoms with Crippen LogP contribution in [-0.4, -0.2) is 56.0 Å². The number of piperidine rings is 1. The lowest BCUT2D eigenvalue weighted by molar-refractivity contribution is -0.129. The third-order valence-electron chi connectivity index (χ3n) is 8.30. The minimum absolute atomic E-state index is 0.0549. The molecule has 7 atom stereocenters. The molecular weight excluding hydrogens is 482 g/mol. The Labute approximate surface area is 216 Å². The molecule has 4 unspecified atom stereocenters. The van der Waals surface area contributed by atoms with Gasteiger partial charge in [-0.1, -0.05) is 55.4 Å². The van der Waals surface area contributed by atoms with Gasteiger partial charge in [0.2, 0.25) is 11.4 Å². The molecule has 0 bridgehead atoms. The Kier molecular flexibility index (Phi) is 6.43. The zero-order valence-corrected chi connectivity index (χ0v) is 21.7. The summed E-state index contributed by atoms with van der Waals surface area (Å²) in [6, 6.07) is 11.5. The molecule has 7 nitrogen and oxygen atoms in total. The van der Waals surface area contributed by atoms with Crippen LogP contribution in [0.2, 0.25) is 5.02 Å². The van der Waals surface area contributed by atoms with Crippen LogP contribution in [0.15, 0.2) is 48.7 Å². The van der Waals surface area contributed by atoms with Crippen LogP contribution in [0.5, 0.6) is 17.2 Å². The molecule has 3 aliphatic rings. The van der Waals surface area contributed by atoms with Crippen molar-refractivity contribution in [1.29, 1.82) is 0 Å². The number of Topliss-reactive ketones (excluding diaryl/α,β-unsaturated/α-hetero) is 1. The summed E-state index contributed by atoms with van der Waals surface area (Å²) < 4.78 is 22.8. The number of halogens is 1. The van der Waals surface area contributed by atoms with Gasteiger partial charge in [0.1, 0.15) is 33.9 Å². The molecule has 2 aromatic rings. The smallest absolute Gasteiger partial charge is 0.216 e. The van der Waals surface area contributed by atoms with E-state index in [1.165, 1.54) is 14.2 Å². The summed E-state index contributed by atoms with van der Waals surface area (Å²) in [5, 5.41) is 15.9. The topological polar surface area (TPSA) is 86.2 Å². The monoisotopic (exact) mass is 513 g/mol. The van der Waals surface area contributed by atoms with Crippen LogP contribution in [0.4, 0.5) is 0 Å². The standard InChI is InChI=1S/C28H32ClNO6/c1-14-11-19-22(17(16-9-7-6-8-10-16)12-18(30-19)15(2)33-3)26(31)28(14)27(32)23-20(34-4)13-21(35-5)24(29)25(23)36-28/h6-10,13-14,17-19,22,26,30-31H,2,11-12H2,1,3-5H3/t14-,17?,18?,19?,22?,26-,28+/m1/s1. The number of carbonyl (C=O) groups is 1. The molecule has 2 aliphatic heterocycles. The molecule has 2 heterocycles. The highest BCUT2D eigenvalue weighted by Gasteiger charge is 2.66. The summed E-state index contributed by atoms with van der Waals surface area (Å²) in [5.74, 6) is 0.526. The fourth-order valence-corrected chi connectivity index (χ4v) is 6.76. The van der Waals surface area contributed by atoms with E-state index < -0.39 is 11.7 Å². The van der Waals surface area contributed by atoms with Crippen LogP contribution in [0.1, 0.15) is 41.6 Å². The first-order chi connectivity index (χ1) is 17.3. The lowest BCUT2D eigenvalue weighted by Crippen LogP contribution is -2.69. The molecule has 8 heteroatoms. The largest absolute Gasteiger partial charge is 0.500 e. The van der Waals surface area contributed by atoms with Crippen molar-refractivity contribution in [2.75, 3.05) is 21.3 Å². The van der Waals surface area contributed by atoms with E-state index in [1.807, 2.05) is 25.1 Å². The molecule has 1 saturated heterocycles. The molecule has 2 N–H and O–H groups in total. The number of fused-ring (bicyclic) bond motifs is 2. The molecule has 2 fully saturated rings. The number of aliphatic hydroxyl groups is 1. The van der Waals surface area contributed by atoms with Crippen molar-refractivity contribution >= 4 is 17.4 Å². The minimum atomic E-state index is -1.49. The molecule has 36 heavy (non-hydrogen) atoms. The van der Waals surface area contributed by atoms with Gasteiger partial charge in [-0.3, -0.25) is 4.79 Å². The van der Waals surface area contributed by atoms with Gasteiger partial charge in [0.15, 0.2) is 5.75 Å². The van der Waals surface area contributed by atoms with E-state index in [-0.39, 0.29) is 52.0 Å². The van der Waals surface area contributed by atoms with Crippen molar-refractivity contribution in [1.82, 2.24) is 5.32 Å². The molecular formula is C28H32ClNO6. The third kappa shape index (κ3) is 3.51. The van der Waals surface area contributed by atoms with Gasteiger partial charge in [0, 0.05) is 23.9 Å². The van der Waals surface area contributed by atoms with Crippen LogP contribution in [0.25, 0.3) is 0 Å². The van der Waals surface area contributed by atoms with Gasteiger partial charge in [-0.05, 0) is 24.3 Å². The SMILES string of the molecule is C=C(OC)C1CC(c2ccccc2)C2C(C[C@@H](C)[C@]3(Oc4c(Cl)c(OC)cc(OC)c4C3=O)[C@@H]2O)N1. The number of methoxy groups -OCH3 is 3. The highest BCUT2D eigenvalue weighted by Crippen LogP contribution is 2.57. The maximum Gasteiger partial charge on any atom is 0.216 e. The van der Waals surface area contributed by atoms with Gasteiger partial charge < -0.3 is 29.4 Å². The third-order valence-corrected chi connectivity index (χ3v) is 8.66. The zero-order valence-electron chi connectivity index (χ0n) is 20.9. The lowest BCUT2D eigenvalue weighted by Gasteiger charge is -2.54. The number of ether oxygens (including phenoxy) is 4. The maximum atomic E-state index is 14.1. The normalized spacial score (nSPS) is 32.9. The van der Waals surface area contributed by atoms with Crippen molar-refractivity contribution in [3.05, 3.63) is 64.9 Å². The molecule has 2 aromatic carbocycles. The average Bonchev–Trinajstić information content (AvgIpc) is 3.21. The first-order valence-corrected chi connectivity index (χ1v) is 12.6. The van der Waals surface area contributed by atoms with Crippen molar-refractivity contribution in [2.45, 2.75) is 49.5 Å². The molecule has 0 aromatic heterocycles. The fraction of sp³-hybridized carbons (Fsp3) is 0.464. The Balaban J connectivity index is 1.61. The Morgan fingerprint density at radius 2 is 1.86 bits per heavy atom. The van der Waals surface area contributed by atoms with E-state index in [0.717, 1.165) is 5.56 Å². The highest BCUT2D eigenvalue weighted by molar-refractivity contribution is 6.35. The van der Waals surface area contributed by atoms with E-state index in [0.29, 0.717) is 30.1 Å². The molecule has 192 valence electrons. The Morgan fingerprint density at radius 3 is 2.50 bits per heavy atom. The van der Waals surface area contributed by atoms with E-state index in [1.54, 1.807) is 13.2 Å². The van der Waals surface area contributed by atoms with Crippen LogP contribution < -0.4 is 19.5 Å². The quantitative estimate of drug-likeness (QED) is 0.574. The summed E-state index contributed by atoms with van der Waals surface area (Å²) in [6.45, 7) is 6.03. The summed E-state index contributed by atoms with van der Waals surface area (Å²) in [6.07, 6.45) is 0.167. The Morgan fingerprint density at radius 1 is 1.17 bits per heavy atom. The van der Waals surface area contributed by atoms with E-state index in [4.69, 9.17) is 30.5 Å². The highest BCUT2D eigenvalue weighted by atomic mass is 35.5. The number of hydrogen-bond acceptors (Lipinski definition) is 7. The number of hydrogen-bond donors (Lipinski definition) is 2. The van der Waals surface area contributed by atoms with Gasteiger partial charge in [-0.2, -0.15) is 0 Å². The first-order valence-electron chi connectivity index (χ1n) is 12.2. The van der Waals surface area contributed by atoms with Crippen LogP contribution in [0, 0.1) is 11.8 Å². The van der Waals surface area contributed by atoms with Crippen molar-refractivity contribution < 1.29 is 28.8 Å². The number of aliphatic hydroxyl groups excluding tert-OH is 1. The second-order valence-corrected chi connectivity index (χ2v) is 10.3. The average molecular weight is 514 g/mol. The Hall–Kier alpha value is -2.74. The lowest BCUT2D eigenvalue weighted by atomic mass is 9.58. The van der Waals surface area contributed by atoms with Crippen molar-refractivity contribution in [3.8, 4) is 17.2 Å². The maximum absolute atomic E-state index is 14.1. The molecule has 5 rings (SSSR count). The summed E-state index contributed by atoms with van der Waals surface area (Å²) in [5.41, 5.74) is -0.155. The van der Waals surface area contributed by atoms with Crippen LogP contribution in [0.3, 0.4) is 0 Å². The van der Waals surface area contributed by atoms with Gasteiger partial charge in [0.05, 0.1) is 27.4 Å². The molecule has 0 radical (unpaired) electrons. The first kappa shape index (κ1) is 24.9. The number of benzene rings is 2. The molecule has 1 aliphatic carbocycles. The fourth-order valence-electron chi connectivity index (χ4n) is 6.49. The second kappa shape index (κ2) is 9.29. The van der Waals surface area contributed by atoms with Gasteiger partial charge in [-0.15, -0.1) is 0 Å². The number of nitrogens with one attached hydrogen (secondary N) is 1. The number of ketones is 1. The van der Waals surface area contributed by atoms with Crippen LogP contribution >= 0.6 is 11.6 Å². The van der Waals surface area contributed by atoms with Crippen LogP contribution in [-0.2, 0) is 4.74 Å². The van der Waals surface area contributed by atoms with Crippen molar-refractivity contribution in [2.24, 2.45) is 11.8 Å². The van der Waals surface area contributed by atoms with Crippen molar-refractivity contribution in [3.63, 3.8) is 0 Å². The van der Waals surface area contributed by atoms with Gasteiger partial charge >= 0.3 is 0 Å². The minimum Gasteiger partial charge on any atom is -0.500 e. The van der Waals surface area contributed by atoms with E-state index in [2.05, 4.69) is 24.0 Å². The predicted molar refractivity (Wildman–Crippen MR) is 136 cm³/mol. The summed E-state index contributed by atoms with van der Waals surface area (Å²) in [4.78, 5) is 14.1. The molecule has 1 spiro atoms. The second-order valence-electron chi connectivity index (χ2n) is 9.93. The number of carbonyl (C=O) groups excluding carboxylic acids is 1. The Bertz CT molecular complexity index is 1190. The summed E-state index contributed by atoms with van der Waals surface area (Å²) >= 11 is 6.60. The molecule has 1 saturated carbocycles. The predicted octanol–water partition coefficient (Wildman–Crippen LogP) is 4.36. The summed E-state index contributed by atoms with van der Waals surface area (Å²) in [7, 11) is 4.59. The van der Waals surface area contributed by atoms with Gasteiger partial charge in [0.25, 0.3) is 0 Å².